The van der Waals surface area contributed by atoms with Gasteiger partial charge < -0.3 is 14.9 Å². The van der Waals surface area contributed by atoms with E-state index in [1.165, 1.54) is 0 Å². The van der Waals surface area contributed by atoms with Gasteiger partial charge in [0.25, 0.3) is 0 Å². The van der Waals surface area contributed by atoms with Gasteiger partial charge in [-0.25, -0.2) is 0 Å². The third kappa shape index (κ3) is 5.61. The van der Waals surface area contributed by atoms with E-state index in [9.17, 15) is 0 Å². The molecule has 0 spiro atoms. The lowest BCUT2D eigenvalue weighted by Crippen LogP contribution is -2.15. The highest BCUT2D eigenvalue weighted by Crippen LogP contribution is 2.15. The second kappa shape index (κ2) is 7.79. The van der Waals surface area contributed by atoms with E-state index in [1.807, 2.05) is 12.1 Å². The van der Waals surface area contributed by atoms with Crippen molar-refractivity contribution in [3.63, 3.8) is 0 Å². The van der Waals surface area contributed by atoms with Gasteiger partial charge in [-0.2, -0.15) is 11.8 Å². The van der Waals surface area contributed by atoms with Gasteiger partial charge in [-0.05, 0) is 24.3 Å². The zero-order valence-electron chi connectivity index (χ0n) is 8.80. The maximum absolute atomic E-state index is 9.08. The van der Waals surface area contributed by atoms with E-state index >= 15 is 0 Å². The van der Waals surface area contributed by atoms with E-state index in [2.05, 4.69) is 0 Å². The number of rotatable bonds is 7. The average Bonchev–Trinajstić information content (AvgIpc) is 2.31. The minimum absolute atomic E-state index is 0.189. The van der Waals surface area contributed by atoms with Crippen LogP contribution >= 0.6 is 23.4 Å². The number of ether oxygens (including phenoxy) is 1. The van der Waals surface area contributed by atoms with Crippen molar-refractivity contribution in [2.45, 2.75) is 6.10 Å². The van der Waals surface area contributed by atoms with Gasteiger partial charge in [0.2, 0.25) is 0 Å². The summed E-state index contributed by atoms with van der Waals surface area (Å²) in [6.45, 7) is 0.384. The molecule has 0 heterocycles. The predicted octanol–water partition coefficient (Wildman–Crippen LogP) is 1.81. The van der Waals surface area contributed by atoms with Crippen LogP contribution in [0.4, 0.5) is 0 Å². The Bertz CT molecular complexity index is 292. The van der Waals surface area contributed by atoms with E-state index in [4.69, 9.17) is 26.6 Å². The number of hydrogen-bond acceptors (Lipinski definition) is 4. The molecule has 0 aliphatic carbocycles. The lowest BCUT2D eigenvalue weighted by atomic mass is 10.3. The smallest absolute Gasteiger partial charge is 0.119 e. The van der Waals surface area contributed by atoms with Crippen LogP contribution in [0.2, 0.25) is 5.02 Å². The molecule has 0 fully saturated rings. The van der Waals surface area contributed by atoms with Crippen molar-refractivity contribution >= 4 is 23.4 Å². The van der Waals surface area contributed by atoms with Crippen molar-refractivity contribution in [3.8, 4) is 5.75 Å². The number of hydrogen-bond donors (Lipinski definition) is 2. The third-order valence-electron chi connectivity index (χ3n) is 1.83. The summed E-state index contributed by atoms with van der Waals surface area (Å²) >= 11 is 7.28. The van der Waals surface area contributed by atoms with Gasteiger partial charge in [-0.3, -0.25) is 0 Å². The Hall–Kier alpha value is -0.420. The molecule has 0 aliphatic rings. The van der Waals surface area contributed by atoms with Crippen molar-refractivity contribution in [2.75, 3.05) is 24.7 Å². The average molecular weight is 263 g/mol. The molecule has 0 bridgehead atoms. The SMILES string of the molecule is OCC(O)CSCCOc1ccc(Cl)cc1. The monoisotopic (exact) mass is 262 g/mol. The third-order valence-corrected chi connectivity index (χ3v) is 3.16. The maximum Gasteiger partial charge on any atom is 0.119 e. The first-order chi connectivity index (χ1) is 7.72. The molecule has 1 rings (SSSR count). The van der Waals surface area contributed by atoms with Crippen LogP contribution in [0.5, 0.6) is 5.75 Å². The summed E-state index contributed by atoms with van der Waals surface area (Å²) in [6, 6.07) is 7.18. The molecule has 0 radical (unpaired) electrons. The molecule has 0 saturated heterocycles. The Kier molecular flexibility index (Phi) is 6.64. The van der Waals surface area contributed by atoms with E-state index in [1.54, 1.807) is 23.9 Å². The molecular formula is C11H15ClO3S. The van der Waals surface area contributed by atoms with Gasteiger partial charge >= 0.3 is 0 Å². The largest absolute Gasteiger partial charge is 0.493 e. The summed E-state index contributed by atoms with van der Waals surface area (Å²) in [5.74, 6) is 2.09. The highest BCUT2D eigenvalue weighted by Gasteiger charge is 2.01. The second-order valence-corrected chi connectivity index (χ2v) is 4.80. The summed E-state index contributed by atoms with van der Waals surface area (Å²) in [7, 11) is 0. The Balaban J connectivity index is 2.09. The molecule has 1 atom stereocenters. The van der Waals surface area contributed by atoms with Crippen LogP contribution < -0.4 is 4.74 Å². The van der Waals surface area contributed by atoms with Gasteiger partial charge in [0.1, 0.15) is 5.75 Å². The van der Waals surface area contributed by atoms with Gasteiger partial charge in [0.15, 0.2) is 0 Å². The van der Waals surface area contributed by atoms with Gasteiger partial charge in [0, 0.05) is 16.5 Å². The van der Waals surface area contributed by atoms with Crippen molar-refractivity contribution in [2.24, 2.45) is 0 Å². The zero-order valence-corrected chi connectivity index (χ0v) is 10.4. The van der Waals surface area contributed by atoms with Crippen LogP contribution in [0.15, 0.2) is 24.3 Å². The first kappa shape index (κ1) is 13.6. The van der Waals surface area contributed by atoms with Crippen LogP contribution in [0.1, 0.15) is 0 Å². The van der Waals surface area contributed by atoms with Crippen LogP contribution in [-0.4, -0.2) is 41.0 Å². The van der Waals surface area contributed by atoms with E-state index < -0.39 is 6.10 Å². The van der Waals surface area contributed by atoms with Gasteiger partial charge in [-0.1, -0.05) is 11.6 Å². The fourth-order valence-corrected chi connectivity index (χ4v) is 1.89. The Morgan fingerprint density at radius 3 is 2.62 bits per heavy atom. The van der Waals surface area contributed by atoms with Gasteiger partial charge in [0.05, 0.1) is 19.3 Å². The number of benzene rings is 1. The highest BCUT2D eigenvalue weighted by molar-refractivity contribution is 7.99. The minimum atomic E-state index is -0.638. The normalized spacial score (nSPS) is 12.4. The van der Waals surface area contributed by atoms with Crippen LogP contribution in [0.25, 0.3) is 0 Å². The van der Waals surface area contributed by atoms with Crippen molar-refractivity contribution in [3.05, 3.63) is 29.3 Å². The molecule has 1 unspecified atom stereocenters. The first-order valence-electron chi connectivity index (χ1n) is 4.97. The lowest BCUT2D eigenvalue weighted by molar-refractivity contribution is 0.113. The molecule has 1 aromatic rings. The number of aliphatic hydroxyl groups excluding tert-OH is 2. The minimum Gasteiger partial charge on any atom is -0.493 e. The number of aliphatic hydroxyl groups is 2. The van der Waals surface area contributed by atoms with E-state index in [0.717, 1.165) is 11.5 Å². The van der Waals surface area contributed by atoms with Crippen LogP contribution in [0.3, 0.4) is 0 Å². The lowest BCUT2D eigenvalue weighted by Gasteiger charge is -2.08. The van der Waals surface area contributed by atoms with Crippen molar-refractivity contribution < 1.29 is 14.9 Å². The Labute approximate surface area is 104 Å². The fourth-order valence-electron chi connectivity index (χ4n) is 1.02. The first-order valence-corrected chi connectivity index (χ1v) is 6.50. The van der Waals surface area contributed by atoms with Crippen molar-refractivity contribution in [1.82, 2.24) is 0 Å². The van der Waals surface area contributed by atoms with Crippen molar-refractivity contribution in [1.29, 1.82) is 0 Å². The molecule has 1 aromatic carbocycles. The Morgan fingerprint density at radius 2 is 2.00 bits per heavy atom. The second-order valence-electron chi connectivity index (χ2n) is 3.21. The van der Waals surface area contributed by atoms with Crippen LogP contribution in [-0.2, 0) is 0 Å². The predicted molar refractivity (Wildman–Crippen MR) is 67.4 cm³/mol. The molecular weight excluding hydrogens is 248 g/mol. The standard InChI is InChI=1S/C11H15ClO3S/c12-9-1-3-11(4-2-9)15-5-6-16-8-10(14)7-13/h1-4,10,13-14H,5-8H2. The van der Waals surface area contributed by atoms with E-state index in [-0.39, 0.29) is 6.61 Å². The fraction of sp³-hybridized carbons (Fsp3) is 0.455. The summed E-state index contributed by atoms with van der Waals surface area (Å²) in [5, 5.41) is 18.4. The molecule has 5 heteroatoms. The summed E-state index contributed by atoms with van der Waals surface area (Å²) < 4.78 is 5.45. The molecule has 0 saturated carbocycles. The molecule has 2 N–H and O–H groups in total. The molecule has 0 aromatic heterocycles. The summed E-state index contributed by atoms with van der Waals surface area (Å²) in [4.78, 5) is 0. The zero-order chi connectivity index (χ0) is 11.8. The molecule has 0 aliphatic heterocycles. The van der Waals surface area contributed by atoms with E-state index in [0.29, 0.717) is 17.4 Å². The summed E-state index contributed by atoms with van der Waals surface area (Å²) in [5.41, 5.74) is 0. The Morgan fingerprint density at radius 1 is 1.31 bits per heavy atom. The molecule has 90 valence electrons. The topological polar surface area (TPSA) is 49.7 Å². The maximum atomic E-state index is 9.08. The highest BCUT2D eigenvalue weighted by atomic mass is 35.5. The van der Waals surface area contributed by atoms with Crippen LogP contribution in [0, 0.1) is 0 Å². The quantitative estimate of drug-likeness (QED) is 0.736. The van der Waals surface area contributed by atoms with Gasteiger partial charge in [-0.15, -0.1) is 0 Å². The summed E-state index contributed by atoms with van der Waals surface area (Å²) in [6.07, 6.45) is -0.638. The molecule has 16 heavy (non-hydrogen) atoms. The number of thioether (sulfide) groups is 1. The molecule has 3 nitrogen and oxygen atoms in total. The molecule has 0 amide bonds. The number of halogens is 1.